The zero-order chi connectivity index (χ0) is 13.1. The third-order valence-electron chi connectivity index (χ3n) is 2.64. The van der Waals surface area contributed by atoms with Crippen LogP contribution < -0.4 is 14.8 Å². The normalized spacial score (nSPS) is 10.2. The van der Waals surface area contributed by atoms with Crippen LogP contribution in [0, 0.1) is 6.92 Å². The van der Waals surface area contributed by atoms with Crippen LogP contribution in [0.1, 0.15) is 5.76 Å². The molecule has 5 heteroatoms. The van der Waals surface area contributed by atoms with E-state index in [1.165, 1.54) is 0 Å². The van der Waals surface area contributed by atoms with Crippen molar-refractivity contribution in [1.29, 1.82) is 0 Å². The summed E-state index contributed by atoms with van der Waals surface area (Å²) in [6.07, 6.45) is 0. The van der Waals surface area contributed by atoms with Crippen molar-refractivity contribution in [3.63, 3.8) is 0 Å². The second-order valence-electron chi connectivity index (χ2n) is 3.78. The maximum atomic E-state index is 5.46. The molecule has 0 aliphatic carbocycles. The molecule has 0 atom stereocenters. The SMILES string of the molecule is CNc1nc(-c2cc(OC)cc(OC)c2)c(C)o1. The molecule has 0 fully saturated rings. The van der Waals surface area contributed by atoms with Crippen molar-refractivity contribution in [2.24, 2.45) is 0 Å². The number of benzene rings is 1. The fraction of sp³-hybridized carbons (Fsp3) is 0.308. The molecule has 1 heterocycles. The van der Waals surface area contributed by atoms with Gasteiger partial charge in [-0.25, -0.2) is 0 Å². The number of hydrogen-bond acceptors (Lipinski definition) is 5. The first-order valence-electron chi connectivity index (χ1n) is 5.56. The van der Waals surface area contributed by atoms with Crippen LogP contribution in [0.3, 0.4) is 0 Å². The molecule has 0 spiro atoms. The first kappa shape index (κ1) is 12.3. The average Bonchev–Trinajstić information content (AvgIpc) is 2.79. The van der Waals surface area contributed by atoms with Gasteiger partial charge in [0, 0.05) is 18.7 Å². The summed E-state index contributed by atoms with van der Waals surface area (Å²) in [5.41, 5.74) is 1.67. The van der Waals surface area contributed by atoms with Gasteiger partial charge in [-0.05, 0) is 19.1 Å². The van der Waals surface area contributed by atoms with E-state index in [0.717, 1.165) is 28.5 Å². The summed E-state index contributed by atoms with van der Waals surface area (Å²) in [6, 6.07) is 6.10. The van der Waals surface area contributed by atoms with Crippen LogP contribution in [0.4, 0.5) is 6.01 Å². The van der Waals surface area contributed by atoms with Crippen molar-refractivity contribution in [2.75, 3.05) is 26.6 Å². The Kier molecular flexibility index (Phi) is 3.41. The lowest BCUT2D eigenvalue weighted by molar-refractivity contribution is 0.394. The van der Waals surface area contributed by atoms with E-state index in [-0.39, 0.29) is 0 Å². The molecule has 5 nitrogen and oxygen atoms in total. The topological polar surface area (TPSA) is 56.5 Å². The van der Waals surface area contributed by atoms with Crippen LogP contribution in [0.25, 0.3) is 11.3 Å². The highest BCUT2D eigenvalue weighted by Gasteiger charge is 2.13. The Morgan fingerprint density at radius 2 is 1.72 bits per heavy atom. The Hall–Kier alpha value is -2.17. The standard InChI is InChI=1S/C13H16N2O3/c1-8-12(15-13(14-2)18-8)9-5-10(16-3)7-11(6-9)17-4/h5-7H,1-4H3,(H,14,15). The Morgan fingerprint density at radius 1 is 1.11 bits per heavy atom. The summed E-state index contributed by atoms with van der Waals surface area (Å²) in [6.45, 7) is 1.87. The molecular formula is C13H16N2O3. The van der Waals surface area contributed by atoms with E-state index in [1.54, 1.807) is 21.3 Å². The van der Waals surface area contributed by atoms with Crippen molar-refractivity contribution < 1.29 is 13.9 Å². The number of nitrogens with zero attached hydrogens (tertiary/aromatic N) is 1. The van der Waals surface area contributed by atoms with Gasteiger partial charge in [0.15, 0.2) is 0 Å². The average molecular weight is 248 g/mol. The largest absolute Gasteiger partial charge is 0.497 e. The zero-order valence-electron chi connectivity index (χ0n) is 10.9. The van der Waals surface area contributed by atoms with E-state index in [9.17, 15) is 0 Å². The van der Waals surface area contributed by atoms with Crippen LogP contribution in [-0.2, 0) is 0 Å². The molecule has 0 saturated heterocycles. The number of hydrogen-bond donors (Lipinski definition) is 1. The molecule has 0 aliphatic rings. The minimum Gasteiger partial charge on any atom is -0.497 e. The third-order valence-corrected chi connectivity index (χ3v) is 2.64. The van der Waals surface area contributed by atoms with Gasteiger partial charge in [0.2, 0.25) is 0 Å². The second kappa shape index (κ2) is 5.00. The number of oxazole rings is 1. The number of aromatic nitrogens is 1. The lowest BCUT2D eigenvalue weighted by Gasteiger charge is -2.06. The highest BCUT2D eigenvalue weighted by molar-refractivity contribution is 5.66. The summed E-state index contributed by atoms with van der Waals surface area (Å²) in [4.78, 5) is 4.36. The molecule has 0 unspecified atom stereocenters. The van der Waals surface area contributed by atoms with Crippen molar-refractivity contribution in [2.45, 2.75) is 6.92 Å². The molecule has 1 aromatic heterocycles. The van der Waals surface area contributed by atoms with E-state index in [2.05, 4.69) is 10.3 Å². The summed E-state index contributed by atoms with van der Waals surface area (Å²) in [5, 5.41) is 2.87. The van der Waals surface area contributed by atoms with Crippen LogP contribution in [0.2, 0.25) is 0 Å². The number of rotatable bonds is 4. The predicted octanol–water partition coefficient (Wildman–Crippen LogP) is 2.71. The third kappa shape index (κ3) is 2.25. The van der Waals surface area contributed by atoms with E-state index < -0.39 is 0 Å². The molecule has 1 N–H and O–H groups in total. The molecule has 2 rings (SSSR count). The fourth-order valence-corrected chi connectivity index (χ4v) is 1.72. The van der Waals surface area contributed by atoms with Gasteiger partial charge < -0.3 is 19.2 Å². The maximum absolute atomic E-state index is 5.46. The molecular weight excluding hydrogens is 232 g/mol. The van der Waals surface area contributed by atoms with Gasteiger partial charge in [0.1, 0.15) is 23.0 Å². The molecule has 1 aromatic carbocycles. The number of ether oxygens (including phenoxy) is 2. The van der Waals surface area contributed by atoms with Gasteiger partial charge in [-0.3, -0.25) is 0 Å². The predicted molar refractivity (Wildman–Crippen MR) is 69.3 cm³/mol. The minimum atomic E-state index is 0.490. The molecule has 0 aliphatic heterocycles. The number of nitrogens with one attached hydrogen (secondary N) is 1. The smallest absolute Gasteiger partial charge is 0.295 e. The minimum absolute atomic E-state index is 0.490. The van der Waals surface area contributed by atoms with Gasteiger partial charge in [0.05, 0.1) is 14.2 Å². The van der Waals surface area contributed by atoms with Crippen LogP contribution in [-0.4, -0.2) is 26.3 Å². The highest BCUT2D eigenvalue weighted by Crippen LogP contribution is 2.32. The molecule has 0 bridgehead atoms. The van der Waals surface area contributed by atoms with Crippen LogP contribution in [0.15, 0.2) is 22.6 Å². The molecule has 0 amide bonds. The lowest BCUT2D eigenvalue weighted by Crippen LogP contribution is -1.90. The number of aryl methyl sites for hydroxylation is 1. The highest BCUT2D eigenvalue weighted by atomic mass is 16.5. The Bertz CT molecular complexity index is 527. The quantitative estimate of drug-likeness (QED) is 0.901. The Morgan fingerprint density at radius 3 is 2.17 bits per heavy atom. The molecule has 96 valence electrons. The molecule has 0 saturated carbocycles. The molecule has 0 radical (unpaired) electrons. The van der Waals surface area contributed by atoms with Crippen molar-refractivity contribution >= 4 is 6.01 Å². The van der Waals surface area contributed by atoms with Gasteiger partial charge in [-0.1, -0.05) is 0 Å². The van der Waals surface area contributed by atoms with E-state index >= 15 is 0 Å². The summed E-state index contributed by atoms with van der Waals surface area (Å²) < 4.78 is 15.9. The second-order valence-corrected chi connectivity index (χ2v) is 3.78. The first-order chi connectivity index (χ1) is 8.67. The van der Waals surface area contributed by atoms with Crippen LogP contribution >= 0.6 is 0 Å². The number of methoxy groups -OCH3 is 2. The first-order valence-corrected chi connectivity index (χ1v) is 5.56. The van der Waals surface area contributed by atoms with Gasteiger partial charge in [-0.2, -0.15) is 4.98 Å². The fourth-order valence-electron chi connectivity index (χ4n) is 1.72. The molecule has 2 aromatic rings. The van der Waals surface area contributed by atoms with Gasteiger partial charge in [0.25, 0.3) is 6.01 Å². The van der Waals surface area contributed by atoms with Crippen molar-refractivity contribution in [3.05, 3.63) is 24.0 Å². The summed E-state index contributed by atoms with van der Waals surface area (Å²) in [7, 11) is 5.00. The molecule has 18 heavy (non-hydrogen) atoms. The van der Waals surface area contributed by atoms with E-state index in [0.29, 0.717) is 6.01 Å². The maximum Gasteiger partial charge on any atom is 0.295 e. The van der Waals surface area contributed by atoms with E-state index in [4.69, 9.17) is 13.9 Å². The number of anilines is 1. The Labute approximate surface area is 106 Å². The lowest BCUT2D eigenvalue weighted by atomic mass is 10.1. The zero-order valence-corrected chi connectivity index (χ0v) is 10.9. The summed E-state index contributed by atoms with van der Waals surface area (Å²) >= 11 is 0. The summed E-state index contributed by atoms with van der Waals surface area (Å²) in [5.74, 6) is 2.19. The monoisotopic (exact) mass is 248 g/mol. The van der Waals surface area contributed by atoms with Crippen LogP contribution in [0.5, 0.6) is 11.5 Å². The Balaban J connectivity index is 2.51. The van der Waals surface area contributed by atoms with Gasteiger partial charge >= 0.3 is 0 Å². The van der Waals surface area contributed by atoms with Crippen molar-refractivity contribution in [3.8, 4) is 22.8 Å². The van der Waals surface area contributed by atoms with E-state index in [1.807, 2.05) is 25.1 Å². The van der Waals surface area contributed by atoms with Gasteiger partial charge in [-0.15, -0.1) is 0 Å². The van der Waals surface area contributed by atoms with Crippen molar-refractivity contribution in [1.82, 2.24) is 4.98 Å².